The van der Waals surface area contributed by atoms with E-state index in [1.165, 1.54) is 7.11 Å². The predicted octanol–water partition coefficient (Wildman–Crippen LogP) is 4.18. The molecule has 0 amide bonds. The first-order chi connectivity index (χ1) is 8.29. The molecule has 0 aliphatic heterocycles. The van der Waals surface area contributed by atoms with Crippen molar-refractivity contribution in [3.05, 3.63) is 29.3 Å². The average Bonchev–Trinajstić information content (AvgIpc) is 2.35. The van der Waals surface area contributed by atoms with Crippen LogP contribution in [0.15, 0.2) is 18.2 Å². The Hall–Kier alpha value is -0.940. The van der Waals surface area contributed by atoms with Crippen LogP contribution in [0.25, 0.3) is 0 Å². The topological polar surface area (TPSA) is 35.2 Å². The molecular formula is C13H19ClF3NO. The lowest BCUT2D eigenvalue weighted by Crippen LogP contribution is -2.19. The summed E-state index contributed by atoms with van der Waals surface area (Å²) in [7, 11) is 1.34. The van der Waals surface area contributed by atoms with Crippen molar-refractivity contribution < 1.29 is 17.9 Å². The largest absolute Gasteiger partial charge is 0.497 e. The van der Waals surface area contributed by atoms with Gasteiger partial charge in [0, 0.05) is 6.04 Å². The third-order valence-corrected chi connectivity index (χ3v) is 3.13. The highest BCUT2D eigenvalue weighted by Gasteiger charge is 2.32. The van der Waals surface area contributed by atoms with Crippen molar-refractivity contribution >= 4 is 12.4 Å². The summed E-state index contributed by atoms with van der Waals surface area (Å²) < 4.78 is 43.1. The Morgan fingerprint density at radius 2 is 1.84 bits per heavy atom. The van der Waals surface area contributed by atoms with Crippen LogP contribution in [0.4, 0.5) is 13.2 Å². The summed E-state index contributed by atoms with van der Waals surface area (Å²) in [4.78, 5) is 0. The van der Waals surface area contributed by atoms with E-state index in [2.05, 4.69) is 0 Å². The van der Waals surface area contributed by atoms with Crippen LogP contribution in [0.5, 0.6) is 5.75 Å². The Balaban J connectivity index is 0.00000324. The van der Waals surface area contributed by atoms with E-state index in [-0.39, 0.29) is 24.1 Å². The molecule has 0 saturated carbocycles. The Kier molecular flexibility index (Phi) is 6.66. The van der Waals surface area contributed by atoms with E-state index in [0.717, 1.165) is 18.6 Å². The molecule has 6 heteroatoms. The van der Waals surface area contributed by atoms with Gasteiger partial charge < -0.3 is 10.5 Å². The number of benzene rings is 1. The summed E-state index contributed by atoms with van der Waals surface area (Å²) in [5.74, 6) is 0.289. The van der Waals surface area contributed by atoms with Crippen molar-refractivity contribution in [1.29, 1.82) is 0 Å². The van der Waals surface area contributed by atoms with E-state index in [9.17, 15) is 13.2 Å². The zero-order chi connectivity index (χ0) is 13.9. The minimum Gasteiger partial charge on any atom is -0.497 e. The second kappa shape index (κ2) is 7.01. The summed E-state index contributed by atoms with van der Waals surface area (Å²) in [5.41, 5.74) is 5.69. The maximum absolute atomic E-state index is 12.7. The zero-order valence-electron chi connectivity index (χ0n) is 11.1. The van der Waals surface area contributed by atoms with E-state index >= 15 is 0 Å². The van der Waals surface area contributed by atoms with E-state index in [4.69, 9.17) is 10.5 Å². The maximum atomic E-state index is 12.7. The Bertz CT molecular complexity index is 409. The van der Waals surface area contributed by atoms with Crippen LogP contribution in [-0.4, -0.2) is 7.11 Å². The van der Waals surface area contributed by atoms with Crippen molar-refractivity contribution in [2.45, 2.75) is 32.5 Å². The number of ether oxygens (including phenoxy) is 1. The minimum atomic E-state index is -4.39. The molecular weight excluding hydrogens is 279 g/mol. The fourth-order valence-corrected chi connectivity index (χ4v) is 1.68. The smallest absolute Gasteiger partial charge is 0.416 e. The van der Waals surface area contributed by atoms with Crippen molar-refractivity contribution in [3.8, 4) is 5.75 Å². The monoisotopic (exact) mass is 297 g/mol. The van der Waals surface area contributed by atoms with Crippen molar-refractivity contribution in [1.82, 2.24) is 0 Å². The molecule has 1 rings (SSSR count). The molecule has 0 radical (unpaired) electrons. The molecule has 0 bridgehead atoms. The zero-order valence-corrected chi connectivity index (χ0v) is 11.9. The van der Waals surface area contributed by atoms with Crippen molar-refractivity contribution in [2.24, 2.45) is 11.7 Å². The van der Waals surface area contributed by atoms with Gasteiger partial charge in [-0.05, 0) is 29.7 Å². The van der Waals surface area contributed by atoms with Crippen LogP contribution in [0.1, 0.15) is 37.4 Å². The number of rotatable bonds is 4. The molecule has 0 aliphatic carbocycles. The van der Waals surface area contributed by atoms with Gasteiger partial charge in [0.05, 0.1) is 12.7 Å². The number of hydrogen-bond acceptors (Lipinski definition) is 2. The summed E-state index contributed by atoms with van der Waals surface area (Å²) in [6, 6.07) is 3.21. The molecule has 2 N–H and O–H groups in total. The standard InChI is InChI=1S/C13H18F3NO.ClH/c1-4-8(2)12(17)9-5-10(13(14,15)16)7-11(6-9)18-3;/h5-8,12H,4,17H2,1-3H3;1H/t8?,12-;/m1./s1. The quantitative estimate of drug-likeness (QED) is 0.905. The molecule has 1 aromatic rings. The lowest BCUT2D eigenvalue weighted by molar-refractivity contribution is -0.137. The van der Waals surface area contributed by atoms with Crippen LogP contribution < -0.4 is 10.5 Å². The normalized spacial score (nSPS) is 14.5. The molecule has 0 saturated heterocycles. The fourth-order valence-electron chi connectivity index (χ4n) is 1.68. The lowest BCUT2D eigenvalue weighted by Gasteiger charge is -2.20. The highest BCUT2D eigenvalue weighted by atomic mass is 35.5. The van der Waals surface area contributed by atoms with Gasteiger partial charge in [-0.15, -0.1) is 12.4 Å². The first kappa shape index (κ1) is 18.1. The van der Waals surface area contributed by atoms with Crippen LogP contribution in [0.3, 0.4) is 0 Å². The number of nitrogens with two attached hydrogens (primary N) is 1. The molecule has 0 fully saturated rings. The van der Waals surface area contributed by atoms with Gasteiger partial charge in [-0.2, -0.15) is 13.2 Å². The molecule has 1 unspecified atom stereocenters. The predicted molar refractivity (Wildman–Crippen MR) is 71.6 cm³/mol. The molecule has 0 aromatic heterocycles. The molecule has 0 heterocycles. The van der Waals surface area contributed by atoms with Crippen LogP contribution in [0, 0.1) is 5.92 Å². The van der Waals surface area contributed by atoms with Gasteiger partial charge in [0.2, 0.25) is 0 Å². The van der Waals surface area contributed by atoms with Gasteiger partial charge in [-0.3, -0.25) is 0 Å². The number of alkyl halides is 3. The second-order valence-corrected chi connectivity index (χ2v) is 4.40. The number of methoxy groups -OCH3 is 1. The molecule has 2 nitrogen and oxygen atoms in total. The Morgan fingerprint density at radius 1 is 1.26 bits per heavy atom. The maximum Gasteiger partial charge on any atom is 0.416 e. The molecule has 110 valence electrons. The van der Waals surface area contributed by atoms with Gasteiger partial charge in [0.25, 0.3) is 0 Å². The first-order valence-electron chi connectivity index (χ1n) is 5.81. The summed E-state index contributed by atoms with van der Waals surface area (Å²) >= 11 is 0. The van der Waals surface area contributed by atoms with Crippen LogP contribution in [-0.2, 0) is 6.18 Å². The molecule has 2 atom stereocenters. The highest BCUT2D eigenvalue weighted by Crippen LogP contribution is 2.35. The SMILES string of the molecule is CCC(C)[C@@H](N)c1cc(OC)cc(C(F)(F)F)c1.Cl. The third-order valence-electron chi connectivity index (χ3n) is 3.13. The van der Waals surface area contributed by atoms with E-state index in [0.29, 0.717) is 5.56 Å². The average molecular weight is 298 g/mol. The molecule has 0 spiro atoms. The van der Waals surface area contributed by atoms with E-state index in [1.807, 2.05) is 13.8 Å². The summed E-state index contributed by atoms with van der Waals surface area (Å²) in [6.45, 7) is 3.87. The minimum absolute atomic E-state index is 0. The number of halogens is 4. The van der Waals surface area contributed by atoms with Crippen LogP contribution >= 0.6 is 12.4 Å². The first-order valence-corrected chi connectivity index (χ1v) is 5.81. The highest BCUT2D eigenvalue weighted by molar-refractivity contribution is 5.85. The fraction of sp³-hybridized carbons (Fsp3) is 0.538. The third kappa shape index (κ3) is 4.58. The number of hydrogen-bond donors (Lipinski definition) is 1. The van der Waals surface area contributed by atoms with E-state index in [1.54, 1.807) is 6.07 Å². The van der Waals surface area contributed by atoms with Crippen molar-refractivity contribution in [3.63, 3.8) is 0 Å². The summed E-state index contributed by atoms with van der Waals surface area (Å²) in [5, 5.41) is 0. The Morgan fingerprint density at radius 3 is 2.26 bits per heavy atom. The van der Waals surface area contributed by atoms with Gasteiger partial charge in [0.15, 0.2) is 0 Å². The van der Waals surface area contributed by atoms with Gasteiger partial charge in [-0.25, -0.2) is 0 Å². The Labute approximate surface area is 117 Å². The van der Waals surface area contributed by atoms with Gasteiger partial charge in [-0.1, -0.05) is 20.3 Å². The molecule has 0 aliphatic rings. The van der Waals surface area contributed by atoms with Gasteiger partial charge in [0.1, 0.15) is 5.75 Å². The van der Waals surface area contributed by atoms with E-state index < -0.39 is 17.8 Å². The molecule has 1 aromatic carbocycles. The molecule has 19 heavy (non-hydrogen) atoms. The van der Waals surface area contributed by atoms with Gasteiger partial charge >= 0.3 is 6.18 Å². The van der Waals surface area contributed by atoms with Crippen LogP contribution in [0.2, 0.25) is 0 Å². The second-order valence-electron chi connectivity index (χ2n) is 4.40. The van der Waals surface area contributed by atoms with Crippen molar-refractivity contribution in [2.75, 3.05) is 7.11 Å². The summed E-state index contributed by atoms with van der Waals surface area (Å²) in [6.07, 6.45) is -3.59. The lowest BCUT2D eigenvalue weighted by atomic mass is 9.92.